The van der Waals surface area contributed by atoms with Crippen molar-refractivity contribution in [1.82, 2.24) is 0 Å². The smallest absolute Gasteiger partial charge is 0.254 e. The van der Waals surface area contributed by atoms with Crippen LogP contribution in [0.3, 0.4) is 0 Å². The van der Waals surface area contributed by atoms with Gasteiger partial charge in [-0.1, -0.05) is 12.1 Å². The van der Waals surface area contributed by atoms with Crippen molar-refractivity contribution in [1.29, 1.82) is 0 Å². The molecule has 4 heteroatoms. The Morgan fingerprint density at radius 2 is 2.14 bits per heavy atom. The lowest BCUT2D eigenvalue weighted by molar-refractivity contribution is 0.0492. The first-order valence-corrected chi connectivity index (χ1v) is 5.29. The van der Waals surface area contributed by atoms with Crippen LogP contribution in [-0.2, 0) is 6.54 Å². The standard InChI is InChI=1S/C10H13F2NS/c1-10(11,12)7-14-9-4-2-3-8(5-9)6-13/h2-5H,6-7,13H2,1H3. The van der Waals surface area contributed by atoms with E-state index in [1.165, 1.54) is 0 Å². The van der Waals surface area contributed by atoms with Crippen molar-refractivity contribution in [3.05, 3.63) is 29.8 Å². The molecule has 0 aliphatic heterocycles. The second kappa shape index (κ2) is 4.75. The Morgan fingerprint density at radius 1 is 1.43 bits per heavy atom. The minimum absolute atomic E-state index is 0.193. The normalized spacial score (nSPS) is 11.7. The summed E-state index contributed by atoms with van der Waals surface area (Å²) in [4.78, 5) is 0.842. The molecule has 1 rings (SSSR count). The third-order valence-corrected chi connectivity index (χ3v) is 2.86. The molecule has 0 aromatic heterocycles. The van der Waals surface area contributed by atoms with E-state index in [2.05, 4.69) is 0 Å². The molecule has 14 heavy (non-hydrogen) atoms. The number of alkyl halides is 2. The van der Waals surface area contributed by atoms with Gasteiger partial charge in [-0.2, -0.15) is 0 Å². The van der Waals surface area contributed by atoms with Gasteiger partial charge < -0.3 is 5.73 Å². The highest BCUT2D eigenvalue weighted by atomic mass is 32.2. The first kappa shape index (κ1) is 11.5. The first-order chi connectivity index (χ1) is 6.51. The maximum atomic E-state index is 12.5. The fourth-order valence-electron chi connectivity index (χ4n) is 0.972. The van der Waals surface area contributed by atoms with Crippen molar-refractivity contribution in [2.75, 3.05) is 5.75 Å². The molecule has 0 radical (unpaired) electrons. The monoisotopic (exact) mass is 217 g/mol. The number of rotatable bonds is 4. The molecule has 1 aromatic rings. The van der Waals surface area contributed by atoms with E-state index in [0.29, 0.717) is 6.54 Å². The molecule has 0 heterocycles. The molecule has 0 spiro atoms. The molecule has 0 aliphatic rings. The Kier molecular flexibility index (Phi) is 3.89. The number of halogens is 2. The summed E-state index contributed by atoms with van der Waals surface area (Å²) in [5, 5.41) is 0. The summed E-state index contributed by atoms with van der Waals surface area (Å²) in [6.07, 6.45) is 0. The van der Waals surface area contributed by atoms with Gasteiger partial charge in [0.1, 0.15) is 0 Å². The Labute approximate surface area is 86.7 Å². The lowest BCUT2D eigenvalue weighted by Gasteiger charge is -2.09. The minimum Gasteiger partial charge on any atom is -0.326 e. The maximum absolute atomic E-state index is 12.5. The molecule has 1 aromatic carbocycles. The summed E-state index contributed by atoms with van der Waals surface area (Å²) in [7, 11) is 0. The molecule has 0 fully saturated rings. The van der Waals surface area contributed by atoms with Gasteiger partial charge in [-0.05, 0) is 17.7 Å². The van der Waals surface area contributed by atoms with E-state index in [4.69, 9.17) is 5.73 Å². The van der Waals surface area contributed by atoms with Crippen LogP contribution in [-0.4, -0.2) is 11.7 Å². The zero-order chi connectivity index (χ0) is 10.6. The molecule has 1 nitrogen and oxygen atoms in total. The largest absolute Gasteiger partial charge is 0.326 e. The number of nitrogens with two attached hydrogens (primary N) is 1. The van der Waals surface area contributed by atoms with Crippen LogP contribution in [0.15, 0.2) is 29.2 Å². The van der Waals surface area contributed by atoms with Gasteiger partial charge in [-0.15, -0.1) is 11.8 Å². The van der Waals surface area contributed by atoms with Gasteiger partial charge in [0.05, 0.1) is 5.75 Å². The Hall–Kier alpha value is -0.610. The zero-order valence-corrected chi connectivity index (χ0v) is 8.78. The molecular formula is C10H13F2NS. The minimum atomic E-state index is -2.62. The van der Waals surface area contributed by atoms with Crippen molar-refractivity contribution < 1.29 is 8.78 Å². The third-order valence-electron chi connectivity index (χ3n) is 1.63. The summed E-state index contributed by atoms with van der Waals surface area (Å²) in [5.41, 5.74) is 6.41. The number of benzene rings is 1. The van der Waals surface area contributed by atoms with Gasteiger partial charge in [0.25, 0.3) is 5.92 Å². The quantitative estimate of drug-likeness (QED) is 0.785. The SMILES string of the molecule is CC(F)(F)CSc1cccc(CN)c1. The predicted octanol–water partition coefficient (Wildman–Crippen LogP) is 2.89. The lowest BCUT2D eigenvalue weighted by atomic mass is 10.2. The van der Waals surface area contributed by atoms with Crippen molar-refractivity contribution in [3.63, 3.8) is 0 Å². The zero-order valence-electron chi connectivity index (χ0n) is 7.97. The van der Waals surface area contributed by atoms with Gasteiger partial charge in [-0.3, -0.25) is 0 Å². The van der Waals surface area contributed by atoms with Crippen LogP contribution in [0.25, 0.3) is 0 Å². The van der Waals surface area contributed by atoms with Crippen LogP contribution in [0.4, 0.5) is 8.78 Å². The molecule has 0 saturated carbocycles. The fourth-order valence-corrected chi connectivity index (χ4v) is 1.80. The van der Waals surface area contributed by atoms with E-state index < -0.39 is 5.92 Å². The summed E-state index contributed by atoms with van der Waals surface area (Å²) in [6.45, 7) is 1.36. The van der Waals surface area contributed by atoms with Crippen LogP contribution in [0.2, 0.25) is 0 Å². The molecular weight excluding hydrogens is 204 g/mol. The van der Waals surface area contributed by atoms with Gasteiger partial charge in [-0.25, -0.2) is 8.78 Å². The molecule has 0 bridgehead atoms. The van der Waals surface area contributed by atoms with Crippen molar-refractivity contribution >= 4 is 11.8 Å². The molecule has 0 atom stereocenters. The van der Waals surface area contributed by atoms with Crippen LogP contribution >= 0.6 is 11.8 Å². The van der Waals surface area contributed by atoms with E-state index >= 15 is 0 Å². The molecule has 78 valence electrons. The average Bonchev–Trinajstić information content (AvgIpc) is 2.14. The molecule has 0 aliphatic carbocycles. The van der Waals surface area contributed by atoms with E-state index in [1.807, 2.05) is 24.3 Å². The van der Waals surface area contributed by atoms with Crippen molar-refractivity contribution in [2.45, 2.75) is 24.3 Å². The van der Waals surface area contributed by atoms with Crippen molar-refractivity contribution in [2.24, 2.45) is 5.73 Å². The van der Waals surface area contributed by atoms with E-state index in [-0.39, 0.29) is 5.75 Å². The van der Waals surface area contributed by atoms with Crippen LogP contribution in [0.5, 0.6) is 0 Å². The maximum Gasteiger partial charge on any atom is 0.254 e. The van der Waals surface area contributed by atoms with Crippen LogP contribution in [0, 0.1) is 0 Å². The summed E-state index contributed by atoms with van der Waals surface area (Å²) in [5.74, 6) is -2.82. The topological polar surface area (TPSA) is 26.0 Å². The van der Waals surface area contributed by atoms with Gasteiger partial charge in [0, 0.05) is 18.4 Å². The molecule has 0 unspecified atom stereocenters. The highest BCUT2D eigenvalue weighted by Gasteiger charge is 2.20. The highest BCUT2D eigenvalue weighted by Crippen LogP contribution is 2.26. The Balaban J connectivity index is 2.59. The Morgan fingerprint density at radius 3 is 2.71 bits per heavy atom. The summed E-state index contributed by atoms with van der Waals surface area (Å²) in [6, 6.07) is 7.37. The number of hydrogen-bond acceptors (Lipinski definition) is 2. The Bertz CT molecular complexity index is 296. The van der Waals surface area contributed by atoms with Crippen molar-refractivity contribution in [3.8, 4) is 0 Å². The number of hydrogen-bond donors (Lipinski definition) is 1. The number of thioether (sulfide) groups is 1. The highest BCUT2D eigenvalue weighted by molar-refractivity contribution is 7.99. The first-order valence-electron chi connectivity index (χ1n) is 4.31. The summed E-state index contributed by atoms with van der Waals surface area (Å²) < 4.78 is 25.1. The second-order valence-electron chi connectivity index (χ2n) is 3.21. The van der Waals surface area contributed by atoms with Gasteiger partial charge >= 0.3 is 0 Å². The van der Waals surface area contributed by atoms with E-state index in [9.17, 15) is 8.78 Å². The third kappa shape index (κ3) is 4.07. The van der Waals surface area contributed by atoms with Gasteiger partial charge in [0.2, 0.25) is 0 Å². The summed E-state index contributed by atoms with van der Waals surface area (Å²) >= 11 is 1.15. The predicted molar refractivity (Wildman–Crippen MR) is 55.7 cm³/mol. The van der Waals surface area contributed by atoms with Crippen LogP contribution < -0.4 is 5.73 Å². The van der Waals surface area contributed by atoms with Crippen LogP contribution in [0.1, 0.15) is 12.5 Å². The van der Waals surface area contributed by atoms with E-state index in [0.717, 1.165) is 29.1 Å². The lowest BCUT2D eigenvalue weighted by Crippen LogP contribution is -2.12. The fraction of sp³-hybridized carbons (Fsp3) is 0.400. The molecule has 0 amide bonds. The molecule has 0 saturated heterocycles. The second-order valence-corrected chi connectivity index (χ2v) is 4.26. The van der Waals surface area contributed by atoms with Gasteiger partial charge in [0.15, 0.2) is 0 Å². The molecule has 2 N–H and O–H groups in total. The van der Waals surface area contributed by atoms with E-state index in [1.54, 1.807) is 0 Å². The average molecular weight is 217 g/mol.